The fourth-order valence-corrected chi connectivity index (χ4v) is 3.31. The average molecular weight is 341 g/mol. The summed E-state index contributed by atoms with van der Waals surface area (Å²) in [7, 11) is 0. The zero-order valence-corrected chi connectivity index (χ0v) is 12.5. The zero-order chi connectivity index (χ0) is 13.7. The summed E-state index contributed by atoms with van der Waals surface area (Å²) in [5.74, 6) is 6.11. The van der Waals surface area contributed by atoms with Crippen molar-refractivity contribution in [1.29, 1.82) is 0 Å². The van der Waals surface area contributed by atoms with Crippen molar-refractivity contribution in [3.63, 3.8) is 0 Å². The normalized spacial score (nSPS) is 12.4. The number of hydrogen-bond acceptors (Lipinski definition) is 3. The molecule has 2 aromatic carbocycles. The van der Waals surface area contributed by atoms with Crippen molar-refractivity contribution in [3.8, 4) is 0 Å². The predicted octanol–water partition coefficient (Wildman–Crippen LogP) is 3.88. The summed E-state index contributed by atoms with van der Waals surface area (Å²) in [5, 5.41) is 0. The van der Waals surface area contributed by atoms with Crippen LogP contribution < -0.4 is 11.3 Å². The molecule has 100 valence electrons. The van der Waals surface area contributed by atoms with E-state index in [1.165, 1.54) is 12.1 Å². The van der Waals surface area contributed by atoms with Crippen molar-refractivity contribution in [2.24, 2.45) is 5.84 Å². The van der Waals surface area contributed by atoms with Crippen LogP contribution >= 0.6 is 27.7 Å². The van der Waals surface area contributed by atoms with E-state index in [0.717, 1.165) is 20.7 Å². The van der Waals surface area contributed by atoms with Gasteiger partial charge in [-0.2, -0.15) is 0 Å². The van der Waals surface area contributed by atoms with Gasteiger partial charge in [0.2, 0.25) is 0 Å². The number of thioether (sulfide) groups is 1. The molecule has 0 heterocycles. The van der Waals surface area contributed by atoms with Gasteiger partial charge in [-0.1, -0.05) is 24.3 Å². The van der Waals surface area contributed by atoms with Gasteiger partial charge in [0.15, 0.2) is 0 Å². The molecule has 2 nitrogen and oxygen atoms in total. The molecule has 5 heteroatoms. The lowest BCUT2D eigenvalue weighted by Crippen LogP contribution is -2.29. The van der Waals surface area contributed by atoms with Gasteiger partial charge in [0.05, 0.1) is 6.04 Å². The number of halogens is 2. The van der Waals surface area contributed by atoms with E-state index in [4.69, 9.17) is 5.84 Å². The van der Waals surface area contributed by atoms with Crippen LogP contribution in [0.25, 0.3) is 0 Å². The van der Waals surface area contributed by atoms with Crippen LogP contribution in [0.3, 0.4) is 0 Å². The minimum Gasteiger partial charge on any atom is -0.271 e. The van der Waals surface area contributed by atoms with Gasteiger partial charge in [0.1, 0.15) is 5.82 Å². The van der Waals surface area contributed by atoms with Crippen molar-refractivity contribution in [2.45, 2.75) is 10.9 Å². The van der Waals surface area contributed by atoms with Crippen molar-refractivity contribution in [1.82, 2.24) is 5.43 Å². The molecule has 0 bridgehead atoms. The monoisotopic (exact) mass is 340 g/mol. The van der Waals surface area contributed by atoms with Gasteiger partial charge in [-0.25, -0.2) is 4.39 Å². The molecular weight excluding hydrogens is 327 g/mol. The first kappa shape index (κ1) is 14.5. The van der Waals surface area contributed by atoms with Crippen LogP contribution in [-0.2, 0) is 0 Å². The van der Waals surface area contributed by atoms with Crippen molar-refractivity contribution in [2.75, 3.05) is 5.75 Å². The second-order valence-corrected chi connectivity index (χ2v) is 5.93. The molecule has 3 N–H and O–H groups in total. The highest BCUT2D eigenvalue weighted by Crippen LogP contribution is 2.30. The minimum absolute atomic E-state index is 0.0160. The van der Waals surface area contributed by atoms with E-state index in [0.29, 0.717) is 0 Å². The molecule has 0 aliphatic carbocycles. The van der Waals surface area contributed by atoms with Crippen LogP contribution in [0, 0.1) is 5.82 Å². The Labute approximate surface area is 124 Å². The highest BCUT2D eigenvalue weighted by molar-refractivity contribution is 9.10. The summed E-state index contributed by atoms with van der Waals surface area (Å²) in [5.41, 5.74) is 3.74. The van der Waals surface area contributed by atoms with Gasteiger partial charge in [0, 0.05) is 15.1 Å². The number of hydrogen-bond donors (Lipinski definition) is 2. The first-order valence-corrected chi connectivity index (χ1v) is 7.57. The summed E-state index contributed by atoms with van der Waals surface area (Å²) in [6.45, 7) is 0. The van der Waals surface area contributed by atoms with Crippen LogP contribution in [0.15, 0.2) is 57.9 Å². The van der Waals surface area contributed by atoms with Crippen LogP contribution in [0.4, 0.5) is 4.39 Å². The Hall–Kier alpha value is -0.880. The predicted molar refractivity (Wildman–Crippen MR) is 81.3 cm³/mol. The van der Waals surface area contributed by atoms with Crippen LogP contribution in [0.2, 0.25) is 0 Å². The Balaban J connectivity index is 2.04. The molecule has 0 saturated carbocycles. The second kappa shape index (κ2) is 7.05. The molecule has 0 amide bonds. The Morgan fingerprint density at radius 1 is 1.16 bits per heavy atom. The molecule has 2 rings (SSSR count). The quantitative estimate of drug-likeness (QED) is 0.492. The Bertz CT molecular complexity index is 533. The maximum atomic E-state index is 12.9. The number of hydrazine groups is 1. The SMILES string of the molecule is NNC(CSc1ccccc1Br)c1ccc(F)cc1. The summed E-state index contributed by atoms with van der Waals surface area (Å²) in [6, 6.07) is 14.4. The molecule has 0 radical (unpaired) electrons. The molecule has 1 unspecified atom stereocenters. The van der Waals surface area contributed by atoms with Crippen LogP contribution in [0.1, 0.15) is 11.6 Å². The first-order valence-electron chi connectivity index (χ1n) is 5.79. The minimum atomic E-state index is -0.238. The molecule has 2 aromatic rings. The van der Waals surface area contributed by atoms with E-state index < -0.39 is 0 Å². The standard InChI is InChI=1S/C14H14BrFN2S/c15-12-3-1-2-4-14(12)19-9-13(18-17)10-5-7-11(16)8-6-10/h1-8,13,18H,9,17H2. The Morgan fingerprint density at radius 2 is 1.84 bits per heavy atom. The van der Waals surface area contributed by atoms with Gasteiger partial charge in [0.25, 0.3) is 0 Å². The van der Waals surface area contributed by atoms with E-state index in [-0.39, 0.29) is 11.9 Å². The fraction of sp³-hybridized carbons (Fsp3) is 0.143. The van der Waals surface area contributed by atoms with E-state index in [1.807, 2.05) is 24.3 Å². The summed E-state index contributed by atoms with van der Waals surface area (Å²) in [4.78, 5) is 1.16. The lowest BCUT2D eigenvalue weighted by Gasteiger charge is -2.16. The second-order valence-electron chi connectivity index (χ2n) is 4.01. The van der Waals surface area contributed by atoms with Gasteiger partial charge < -0.3 is 0 Å². The molecular formula is C14H14BrFN2S. The van der Waals surface area contributed by atoms with E-state index in [1.54, 1.807) is 23.9 Å². The summed E-state index contributed by atoms with van der Waals surface area (Å²) in [6.07, 6.45) is 0. The Kier molecular flexibility index (Phi) is 5.39. The van der Waals surface area contributed by atoms with Gasteiger partial charge in [-0.05, 0) is 45.8 Å². The largest absolute Gasteiger partial charge is 0.271 e. The van der Waals surface area contributed by atoms with Crippen molar-refractivity contribution >= 4 is 27.7 Å². The third-order valence-corrected chi connectivity index (χ3v) is 4.84. The van der Waals surface area contributed by atoms with Crippen molar-refractivity contribution in [3.05, 3.63) is 64.4 Å². The lowest BCUT2D eigenvalue weighted by molar-refractivity contribution is 0.601. The molecule has 0 aromatic heterocycles. The third kappa shape index (κ3) is 4.04. The third-order valence-electron chi connectivity index (χ3n) is 2.72. The first-order chi connectivity index (χ1) is 9.20. The number of nitrogens with two attached hydrogens (primary N) is 1. The summed E-state index contributed by atoms with van der Waals surface area (Å²) >= 11 is 5.21. The van der Waals surface area contributed by atoms with Gasteiger partial charge in [-0.15, -0.1) is 11.8 Å². The molecule has 0 saturated heterocycles. The highest BCUT2D eigenvalue weighted by atomic mass is 79.9. The maximum absolute atomic E-state index is 12.9. The van der Waals surface area contributed by atoms with Gasteiger partial charge >= 0.3 is 0 Å². The van der Waals surface area contributed by atoms with Crippen LogP contribution in [-0.4, -0.2) is 5.75 Å². The van der Waals surface area contributed by atoms with Crippen LogP contribution in [0.5, 0.6) is 0 Å². The van der Waals surface area contributed by atoms with E-state index >= 15 is 0 Å². The molecule has 0 fully saturated rings. The smallest absolute Gasteiger partial charge is 0.123 e. The molecule has 0 aliphatic rings. The Morgan fingerprint density at radius 3 is 2.47 bits per heavy atom. The lowest BCUT2D eigenvalue weighted by atomic mass is 10.1. The van der Waals surface area contributed by atoms with E-state index in [9.17, 15) is 4.39 Å². The molecule has 0 spiro atoms. The maximum Gasteiger partial charge on any atom is 0.123 e. The number of nitrogens with one attached hydrogen (secondary N) is 1. The topological polar surface area (TPSA) is 38.0 Å². The molecule has 1 atom stereocenters. The fourth-order valence-electron chi connectivity index (χ4n) is 1.67. The molecule has 19 heavy (non-hydrogen) atoms. The van der Waals surface area contributed by atoms with Gasteiger partial charge in [-0.3, -0.25) is 11.3 Å². The molecule has 0 aliphatic heterocycles. The highest BCUT2D eigenvalue weighted by Gasteiger charge is 2.11. The van der Waals surface area contributed by atoms with E-state index in [2.05, 4.69) is 21.4 Å². The average Bonchev–Trinajstić information content (AvgIpc) is 2.43. The van der Waals surface area contributed by atoms with Crippen molar-refractivity contribution < 1.29 is 4.39 Å². The number of rotatable bonds is 5. The summed E-state index contributed by atoms with van der Waals surface area (Å²) < 4.78 is 14.0. The zero-order valence-electron chi connectivity index (χ0n) is 10.1. The number of benzene rings is 2.